The first-order valence-electron chi connectivity index (χ1n) is 5.68. The summed E-state index contributed by atoms with van der Waals surface area (Å²) in [5, 5.41) is 1.03. The summed E-state index contributed by atoms with van der Waals surface area (Å²) in [4.78, 5) is 5.70. The van der Waals surface area contributed by atoms with E-state index in [1.54, 1.807) is 11.8 Å². The van der Waals surface area contributed by atoms with Gasteiger partial charge in [-0.1, -0.05) is 36.0 Å². The van der Waals surface area contributed by atoms with Crippen molar-refractivity contribution in [3.8, 4) is 0 Å². The van der Waals surface area contributed by atoms with E-state index in [0.29, 0.717) is 6.54 Å². The lowest BCUT2D eigenvalue weighted by Gasteiger charge is -2.05. The van der Waals surface area contributed by atoms with Crippen molar-refractivity contribution in [2.45, 2.75) is 23.3 Å². The molecule has 0 saturated heterocycles. The van der Waals surface area contributed by atoms with E-state index in [1.165, 1.54) is 16.0 Å². The van der Waals surface area contributed by atoms with Crippen molar-refractivity contribution < 1.29 is 0 Å². The van der Waals surface area contributed by atoms with Crippen LogP contribution in [0.1, 0.15) is 11.1 Å². The molecule has 0 amide bonds. The fourth-order valence-electron chi connectivity index (χ4n) is 1.57. The molecule has 17 heavy (non-hydrogen) atoms. The second-order valence-electron chi connectivity index (χ2n) is 3.91. The minimum atomic E-state index is 0.673. The first kappa shape index (κ1) is 12.1. The summed E-state index contributed by atoms with van der Waals surface area (Å²) in [6.07, 6.45) is 2.80. The van der Waals surface area contributed by atoms with Crippen LogP contribution in [0.3, 0.4) is 0 Å². The number of hydrogen-bond donors (Lipinski definition) is 1. The van der Waals surface area contributed by atoms with Crippen LogP contribution in [0.15, 0.2) is 52.5 Å². The standard InChI is InChI=1S/C14H16N2S/c1-11-4-2-3-5-13(11)17-14-7-6-12(8-9-15)10-16-14/h2-7,10H,8-9,15H2,1H3. The molecule has 1 aromatic carbocycles. The highest BCUT2D eigenvalue weighted by Gasteiger charge is 2.01. The Morgan fingerprint density at radius 2 is 2.00 bits per heavy atom. The van der Waals surface area contributed by atoms with E-state index in [9.17, 15) is 0 Å². The van der Waals surface area contributed by atoms with E-state index in [-0.39, 0.29) is 0 Å². The zero-order chi connectivity index (χ0) is 12.1. The maximum Gasteiger partial charge on any atom is 0.101 e. The van der Waals surface area contributed by atoms with Crippen LogP contribution in [0, 0.1) is 6.92 Å². The minimum Gasteiger partial charge on any atom is -0.330 e. The first-order valence-corrected chi connectivity index (χ1v) is 6.50. The molecular weight excluding hydrogens is 228 g/mol. The summed E-state index contributed by atoms with van der Waals surface area (Å²) in [6, 6.07) is 12.5. The summed E-state index contributed by atoms with van der Waals surface area (Å²) in [7, 11) is 0. The third kappa shape index (κ3) is 3.32. The van der Waals surface area contributed by atoms with E-state index < -0.39 is 0 Å². The van der Waals surface area contributed by atoms with Gasteiger partial charge in [-0.2, -0.15) is 0 Å². The van der Waals surface area contributed by atoms with Crippen LogP contribution in [0.5, 0.6) is 0 Å². The molecule has 0 aliphatic carbocycles. The lowest BCUT2D eigenvalue weighted by molar-refractivity contribution is 0.945. The van der Waals surface area contributed by atoms with Gasteiger partial charge in [-0.3, -0.25) is 0 Å². The van der Waals surface area contributed by atoms with Gasteiger partial charge in [0.2, 0.25) is 0 Å². The zero-order valence-electron chi connectivity index (χ0n) is 9.89. The van der Waals surface area contributed by atoms with E-state index in [2.05, 4.69) is 48.3 Å². The molecule has 3 heteroatoms. The maximum absolute atomic E-state index is 5.51. The molecule has 0 aliphatic heterocycles. The average Bonchev–Trinajstić information content (AvgIpc) is 2.35. The number of aromatic nitrogens is 1. The van der Waals surface area contributed by atoms with Gasteiger partial charge in [0.15, 0.2) is 0 Å². The maximum atomic E-state index is 5.51. The van der Waals surface area contributed by atoms with Gasteiger partial charge in [0.1, 0.15) is 5.03 Å². The SMILES string of the molecule is Cc1ccccc1Sc1ccc(CCN)cn1. The van der Waals surface area contributed by atoms with Crippen molar-refractivity contribution >= 4 is 11.8 Å². The number of benzene rings is 1. The van der Waals surface area contributed by atoms with Gasteiger partial charge in [0, 0.05) is 11.1 Å². The first-order chi connectivity index (χ1) is 8.29. The molecule has 0 spiro atoms. The monoisotopic (exact) mass is 244 g/mol. The Labute approximate surface area is 106 Å². The molecule has 0 aliphatic rings. The number of pyridine rings is 1. The highest BCUT2D eigenvalue weighted by atomic mass is 32.2. The van der Waals surface area contributed by atoms with E-state index in [1.807, 2.05) is 6.20 Å². The molecule has 88 valence electrons. The second kappa shape index (κ2) is 5.84. The van der Waals surface area contributed by atoms with Crippen molar-refractivity contribution in [2.75, 3.05) is 6.54 Å². The average molecular weight is 244 g/mol. The van der Waals surface area contributed by atoms with Crippen molar-refractivity contribution in [2.24, 2.45) is 5.73 Å². The molecule has 2 nitrogen and oxygen atoms in total. The molecule has 0 saturated carbocycles. The Morgan fingerprint density at radius 1 is 1.18 bits per heavy atom. The number of rotatable bonds is 4. The highest BCUT2D eigenvalue weighted by molar-refractivity contribution is 7.99. The lowest BCUT2D eigenvalue weighted by atomic mass is 10.2. The van der Waals surface area contributed by atoms with Gasteiger partial charge in [0.25, 0.3) is 0 Å². The molecule has 0 bridgehead atoms. The van der Waals surface area contributed by atoms with Crippen molar-refractivity contribution in [3.63, 3.8) is 0 Å². The van der Waals surface area contributed by atoms with Crippen molar-refractivity contribution in [1.29, 1.82) is 0 Å². The summed E-state index contributed by atoms with van der Waals surface area (Å²) in [5.74, 6) is 0. The third-order valence-corrected chi connectivity index (χ3v) is 3.67. The van der Waals surface area contributed by atoms with Gasteiger partial charge in [-0.15, -0.1) is 0 Å². The van der Waals surface area contributed by atoms with Gasteiger partial charge in [0.05, 0.1) is 0 Å². The molecule has 0 unspecified atom stereocenters. The van der Waals surface area contributed by atoms with Crippen LogP contribution in [0.2, 0.25) is 0 Å². The molecule has 0 radical (unpaired) electrons. The normalized spacial score (nSPS) is 10.5. The molecule has 0 fully saturated rings. The van der Waals surface area contributed by atoms with Crippen LogP contribution in [-0.2, 0) is 6.42 Å². The van der Waals surface area contributed by atoms with Gasteiger partial charge in [-0.05, 0) is 43.1 Å². The van der Waals surface area contributed by atoms with Crippen LogP contribution in [-0.4, -0.2) is 11.5 Å². The Balaban J connectivity index is 2.11. The summed E-state index contributed by atoms with van der Waals surface area (Å²) >= 11 is 1.70. The molecule has 2 N–H and O–H groups in total. The molecule has 1 aromatic heterocycles. The quantitative estimate of drug-likeness (QED) is 0.898. The smallest absolute Gasteiger partial charge is 0.101 e. The molecular formula is C14H16N2S. The number of nitrogens with zero attached hydrogens (tertiary/aromatic N) is 1. The van der Waals surface area contributed by atoms with Crippen LogP contribution in [0.25, 0.3) is 0 Å². The van der Waals surface area contributed by atoms with Crippen molar-refractivity contribution in [3.05, 3.63) is 53.7 Å². The van der Waals surface area contributed by atoms with Gasteiger partial charge >= 0.3 is 0 Å². The zero-order valence-corrected chi connectivity index (χ0v) is 10.7. The summed E-state index contributed by atoms with van der Waals surface area (Å²) in [6.45, 7) is 2.79. The van der Waals surface area contributed by atoms with E-state index in [4.69, 9.17) is 5.73 Å². The second-order valence-corrected chi connectivity index (χ2v) is 4.97. The highest BCUT2D eigenvalue weighted by Crippen LogP contribution is 2.28. The predicted molar refractivity (Wildman–Crippen MR) is 72.3 cm³/mol. The lowest BCUT2D eigenvalue weighted by Crippen LogP contribution is -2.02. The summed E-state index contributed by atoms with van der Waals surface area (Å²) < 4.78 is 0. The topological polar surface area (TPSA) is 38.9 Å². The number of nitrogens with two attached hydrogens (primary N) is 1. The molecule has 2 rings (SSSR count). The Kier molecular flexibility index (Phi) is 4.18. The Morgan fingerprint density at radius 3 is 2.65 bits per heavy atom. The fourth-order valence-corrected chi connectivity index (χ4v) is 2.41. The minimum absolute atomic E-state index is 0.673. The number of aryl methyl sites for hydroxylation is 1. The van der Waals surface area contributed by atoms with Crippen molar-refractivity contribution in [1.82, 2.24) is 4.98 Å². The predicted octanol–water partition coefficient (Wildman–Crippen LogP) is 3.04. The fraction of sp³-hybridized carbons (Fsp3) is 0.214. The molecule has 0 atom stereocenters. The van der Waals surface area contributed by atoms with Crippen LogP contribution in [0.4, 0.5) is 0 Å². The van der Waals surface area contributed by atoms with Crippen LogP contribution >= 0.6 is 11.8 Å². The van der Waals surface area contributed by atoms with E-state index in [0.717, 1.165) is 11.4 Å². The largest absolute Gasteiger partial charge is 0.330 e. The number of hydrogen-bond acceptors (Lipinski definition) is 3. The van der Waals surface area contributed by atoms with Crippen LogP contribution < -0.4 is 5.73 Å². The van der Waals surface area contributed by atoms with Gasteiger partial charge in [-0.25, -0.2) is 4.98 Å². The summed E-state index contributed by atoms with van der Waals surface area (Å²) in [5.41, 5.74) is 7.99. The Bertz CT molecular complexity index is 480. The van der Waals surface area contributed by atoms with E-state index >= 15 is 0 Å². The van der Waals surface area contributed by atoms with Gasteiger partial charge < -0.3 is 5.73 Å². The third-order valence-electron chi connectivity index (χ3n) is 2.54. The molecule has 1 heterocycles. The Hall–Kier alpha value is -1.32. The molecule has 2 aromatic rings.